The number of nitrogens with zero attached hydrogens (tertiary/aromatic N) is 4. The predicted molar refractivity (Wildman–Crippen MR) is 105 cm³/mol. The molecule has 1 aromatic carbocycles. The second-order valence-electron chi connectivity index (χ2n) is 5.96. The molecule has 3 heterocycles. The summed E-state index contributed by atoms with van der Waals surface area (Å²) in [5.74, 6) is 0.733. The number of rotatable bonds is 3. The third-order valence-corrected chi connectivity index (χ3v) is 5.15. The van der Waals surface area contributed by atoms with E-state index in [0.717, 1.165) is 32.8 Å². The predicted octanol–water partition coefficient (Wildman–Crippen LogP) is 3.51. The molecular weight excluding hydrogens is 348 g/mol. The number of fused-ring (bicyclic) bond motifs is 3. The van der Waals surface area contributed by atoms with E-state index >= 15 is 0 Å². The average molecular weight is 364 g/mol. The molecule has 7 heteroatoms. The van der Waals surface area contributed by atoms with E-state index in [1.165, 1.54) is 22.3 Å². The van der Waals surface area contributed by atoms with Crippen LogP contribution in [-0.2, 0) is 0 Å². The van der Waals surface area contributed by atoms with Gasteiger partial charge in [0.2, 0.25) is 0 Å². The Labute approximate surface area is 153 Å². The largest absolute Gasteiger partial charge is 0.497 e. The van der Waals surface area contributed by atoms with Crippen LogP contribution in [0.2, 0.25) is 0 Å². The van der Waals surface area contributed by atoms with Crippen molar-refractivity contribution in [2.45, 2.75) is 13.8 Å². The highest BCUT2D eigenvalue weighted by Crippen LogP contribution is 2.31. The zero-order valence-electron chi connectivity index (χ0n) is 14.6. The molecule has 6 nitrogen and oxygen atoms in total. The first-order valence-corrected chi connectivity index (χ1v) is 8.85. The van der Waals surface area contributed by atoms with Crippen molar-refractivity contribution in [3.05, 3.63) is 63.8 Å². The van der Waals surface area contributed by atoms with Crippen molar-refractivity contribution in [3.8, 4) is 5.75 Å². The molecule has 0 radical (unpaired) electrons. The summed E-state index contributed by atoms with van der Waals surface area (Å²) in [5.41, 5.74) is 3.32. The Bertz CT molecular complexity index is 1220. The van der Waals surface area contributed by atoms with Crippen LogP contribution in [0.25, 0.3) is 20.4 Å². The molecule has 0 unspecified atom stereocenters. The highest BCUT2D eigenvalue weighted by molar-refractivity contribution is 7.25. The summed E-state index contributed by atoms with van der Waals surface area (Å²) in [7, 11) is 1.61. The Kier molecular flexibility index (Phi) is 4.00. The van der Waals surface area contributed by atoms with E-state index < -0.39 is 0 Å². The van der Waals surface area contributed by atoms with E-state index in [1.807, 2.05) is 44.2 Å². The molecule has 4 aromatic rings. The van der Waals surface area contributed by atoms with Crippen molar-refractivity contribution in [1.82, 2.24) is 14.6 Å². The lowest BCUT2D eigenvalue weighted by atomic mass is 10.1. The van der Waals surface area contributed by atoms with E-state index in [0.29, 0.717) is 10.2 Å². The van der Waals surface area contributed by atoms with Gasteiger partial charge in [0, 0.05) is 11.1 Å². The highest BCUT2D eigenvalue weighted by atomic mass is 32.1. The quantitative estimate of drug-likeness (QED) is 0.522. The topological polar surface area (TPSA) is 69.4 Å². The van der Waals surface area contributed by atoms with Crippen LogP contribution < -0.4 is 10.3 Å². The van der Waals surface area contributed by atoms with E-state index in [9.17, 15) is 4.79 Å². The standard InChI is InChI=1S/C19H16N4O2S/c1-11-7-12(2)22-18-15(11)16-17(26-18)19(24)23(10-20-16)21-9-13-5-4-6-14(8-13)25-3/h4-10H,1-3H3/b21-9+. The van der Waals surface area contributed by atoms with Crippen LogP contribution in [0.1, 0.15) is 16.8 Å². The van der Waals surface area contributed by atoms with Crippen molar-refractivity contribution in [2.24, 2.45) is 5.10 Å². The van der Waals surface area contributed by atoms with Gasteiger partial charge < -0.3 is 4.74 Å². The van der Waals surface area contributed by atoms with E-state index in [2.05, 4.69) is 15.1 Å². The van der Waals surface area contributed by atoms with Gasteiger partial charge in [0.1, 0.15) is 21.6 Å². The van der Waals surface area contributed by atoms with Gasteiger partial charge in [0.05, 0.1) is 18.8 Å². The van der Waals surface area contributed by atoms with Crippen LogP contribution in [0.3, 0.4) is 0 Å². The highest BCUT2D eigenvalue weighted by Gasteiger charge is 2.14. The molecule has 0 saturated carbocycles. The normalized spacial score (nSPS) is 11.7. The fourth-order valence-electron chi connectivity index (χ4n) is 2.89. The molecule has 3 aromatic heterocycles. The third kappa shape index (κ3) is 2.76. The van der Waals surface area contributed by atoms with E-state index in [-0.39, 0.29) is 5.56 Å². The van der Waals surface area contributed by atoms with E-state index in [4.69, 9.17) is 4.74 Å². The summed E-state index contributed by atoms with van der Waals surface area (Å²) in [5, 5.41) is 5.20. The van der Waals surface area contributed by atoms with Crippen LogP contribution in [0.4, 0.5) is 0 Å². The second kappa shape index (κ2) is 6.34. The average Bonchev–Trinajstić information content (AvgIpc) is 3.00. The SMILES string of the molecule is COc1cccc(/C=N/n2cnc3c(sc4nc(C)cc(C)c43)c2=O)c1. The summed E-state index contributed by atoms with van der Waals surface area (Å²) >= 11 is 1.36. The number of benzene rings is 1. The Morgan fingerprint density at radius 1 is 1.27 bits per heavy atom. The van der Waals surface area contributed by atoms with Crippen LogP contribution in [0, 0.1) is 13.8 Å². The van der Waals surface area contributed by atoms with Gasteiger partial charge in [0.15, 0.2) is 0 Å². The lowest BCUT2D eigenvalue weighted by Gasteiger charge is -2.01. The number of methoxy groups -OCH3 is 1. The fourth-order valence-corrected chi connectivity index (χ4v) is 4.07. The summed E-state index contributed by atoms with van der Waals surface area (Å²) < 4.78 is 7.01. The van der Waals surface area contributed by atoms with Gasteiger partial charge in [-0.15, -0.1) is 11.3 Å². The fraction of sp³-hybridized carbons (Fsp3) is 0.158. The van der Waals surface area contributed by atoms with Gasteiger partial charge in [0.25, 0.3) is 5.56 Å². The number of aryl methyl sites for hydroxylation is 2. The third-order valence-electron chi connectivity index (χ3n) is 4.09. The molecule has 0 spiro atoms. The number of pyridine rings is 1. The molecule has 0 amide bonds. The maximum Gasteiger partial charge on any atom is 0.291 e. The van der Waals surface area contributed by atoms with Gasteiger partial charge in [-0.25, -0.2) is 9.97 Å². The molecule has 0 bridgehead atoms. The summed E-state index contributed by atoms with van der Waals surface area (Å²) in [4.78, 5) is 22.6. The van der Waals surface area contributed by atoms with Crippen LogP contribution in [0.15, 0.2) is 46.6 Å². The Balaban J connectivity index is 1.83. The van der Waals surface area contributed by atoms with Crippen molar-refractivity contribution >= 4 is 38.0 Å². The molecule has 0 saturated heterocycles. The van der Waals surface area contributed by atoms with Gasteiger partial charge in [-0.05, 0) is 43.2 Å². The van der Waals surface area contributed by atoms with Crippen molar-refractivity contribution in [1.29, 1.82) is 0 Å². The van der Waals surface area contributed by atoms with Gasteiger partial charge in [-0.3, -0.25) is 4.79 Å². The van der Waals surface area contributed by atoms with Crippen molar-refractivity contribution in [2.75, 3.05) is 7.11 Å². The Morgan fingerprint density at radius 2 is 2.12 bits per heavy atom. The summed E-state index contributed by atoms with van der Waals surface area (Å²) in [6.07, 6.45) is 3.06. The van der Waals surface area contributed by atoms with Crippen LogP contribution in [0.5, 0.6) is 5.75 Å². The number of hydrogen-bond acceptors (Lipinski definition) is 6. The minimum absolute atomic E-state index is 0.200. The molecule has 4 rings (SSSR count). The lowest BCUT2D eigenvalue weighted by Crippen LogP contribution is -2.15. The van der Waals surface area contributed by atoms with Crippen molar-refractivity contribution in [3.63, 3.8) is 0 Å². The first-order valence-electron chi connectivity index (χ1n) is 8.03. The van der Waals surface area contributed by atoms with Gasteiger partial charge >= 0.3 is 0 Å². The van der Waals surface area contributed by atoms with Crippen LogP contribution >= 0.6 is 11.3 Å². The molecule has 0 N–H and O–H groups in total. The van der Waals surface area contributed by atoms with E-state index in [1.54, 1.807) is 13.3 Å². The zero-order chi connectivity index (χ0) is 18.3. The van der Waals surface area contributed by atoms with Crippen LogP contribution in [-0.4, -0.2) is 28.0 Å². The number of aromatic nitrogens is 3. The first kappa shape index (κ1) is 16.4. The first-order chi connectivity index (χ1) is 12.6. The van der Waals surface area contributed by atoms with Crippen molar-refractivity contribution < 1.29 is 4.74 Å². The molecular formula is C19H16N4O2S. The minimum atomic E-state index is -0.200. The number of hydrogen-bond donors (Lipinski definition) is 0. The molecule has 0 atom stereocenters. The summed E-state index contributed by atoms with van der Waals surface area (Å²) in [6, 6.07) is 9.45. The minimum Gasteiger partial charge on any atom is -0.497 e. The van der Waals surface area contributed by atoms with Gasteiger partial charge in [-0.1, -0.05) is 12.1 Å². The monoisotopic (exact) mass is 364 g/mol. The molecule has 0 aliphatic carbocycles. The molecule has 130 valence electrons. The van der Waals surface area contributed by atoms with Gasteiger partial charge in [-0.2, -0.15) is 9.78 Å². The number of thiophene rings is 1. The summed E-state index contributed by atoms with van der Waals surface area (Å²) in [6.45, 7) is 3.96. The lowest BCUT2D eigenvalue weighted by molar-refractivity contribution is 0.414. The Morgan fingerprint density at radius 3 is 2.92 bits per heavy atom. The molecule has 26 heavy (non-hydrogen) atoms. The smallest absolute Gasteiger partial charge is 0.291 e. The maximum atomic E-state index is 12.8. The zero-order valence-corrected chi connectivity index (χ0v) is 15.4. The molecule has 0 aliphatic heterocycles. The maximum absolute atomic E-state index is 12.8. The molecule has 0 aliphatic rings. The molecule has 0 fully saturated rings. The number of ether oxygens (including phenoxy) is 1. The Hall–Kier alpha value is -3.06. The second-order valence-corrected chi connectivity index (χ2v) is 6.96.